The quantitative estimate of drug-likeness (QED) is 0.144. The molecule has 0 bridgehead atoms. The van der Waals surface area contributed by atoms with Crippen LogP contribution in [0.5, 0.6) is 28.7 Å². The lowest BCUT2D eigenvalue weighted by Gasteiger charge is -2.39. The zero-order chi connectivity index (χ0) is 31.2. The molecule has 3 heterocycles. The van der Waals surface area contributed by atoms with Gasteiger partial charge in [-0.1, -0.05) is 6.07 Å². The van der Waals surface area contributed by atoms with E-state index < -0.39 is 92.6 Å². The Morgan fingerprint density at radius 3 is 1.84 bits per heavy atom. The third-order valence-electron chi connectivity index (χ3n) is 7.68. The Bertz CT molecular complexity index is 1270. The summed E-state index contributed by atoms with van der Waals surface area (Å²) in [5, 5.41) is 111. The first-order valence-corrected chi connectivity index (χ1v) is 13.4. The fourth-order valence-electron chi connectivity index (χ4n) is 5.20. The third kappa shape index (κ3) is 6.04. The molecule has 12 atom stereocenters. The molecule has 16 nitrogen and oxygen atoms in total. The normalized spacial score (nSPS) is 37.7. The molecule has 5 rings (SSSR count). The Morgan fingerprint density at radius 1 is 0.674 bits per heavy atom. The van der Waals surface area contributed by atoms with Crippen LogP contribution < -0.4 is 14.2 Å². The highest BCUT2D eigenvalue weighted by atomic mass is 16.7. The van der Waals surface area contributed by atoms with Crippen LogP contribution in [0.1, 0.15) is 17.2 Å². The van der Waals surface area contributed by atoms with E-state index in [0.29, 0.717) is 0 Å². The van der Waals surface area contributed by atoms with E-state index in [1.165, 1.54) is 30.3 Å². The summed E-state index contributed by atoms with van der Waals surface area (Å²) in [6.07, 6.45) is -18.0. The molecule has 0 amide bonds. The van der Waals surface area contributed by atoms with Crippen molar-refractivity contribution in [1.82, 2.24) is 0 Å². The molecule has 2 aromatic carbocycles. The van der Waals surface area contributed by atoms with Crippen molar-refractivity contribution in [3.63, 3.8) is 0 Å². The second-order valence-electron chi connectivity index (χ2n) is 10.6. The van der Waals surface area contributed by atoms with Crippen molar-refractivity contribution in [3.8, 4) is 28.7 Å². The van der Waals surface area contributed by atoms with Crippen molar-refractivity contribution in [2.24, 2.45) is 0 Å². The van der Waals surface area contributed by atoms with Gasteiger partial charge >= 0.3 is 0 Å². The number of fused-ring (bicyclic) bond motifs is 1. The predicted octanol–water partition coefficient (Wildman–Crippen LogP) is -3.51. The average Bonchev–Trinajstić information content (AvgIpc) is 2.99. The zero-order valence-electron chi connectivity index (χ0n) is 22.4. The summed E-state index contributed by atoms with van der Waals surface area (Å²) in [6, 6.07) is 6.42. The number of phenols is 2. The Labute approximate surface area is 243 Å². The summed E-state index contributed by atoms with van der Waals surface area (Å²) >= 11 is 0. The molecular formula is C27H34O16. The first-order chi connectivity index (χ1) is 20.4. The molecule has 2 aromatic rings. The summed E-state index contributed by atoms with van der Waals surface area (Å²) in [5.41, 5.74) is 0.497. The molecule has 16 heteroatoms. The summed E-state index contributed by atoms with van der Waals surface area (Å²) in [7, 11) is 0. The van der Waals surface area contributed by atoms with Crippen molar-refractivity contribution < 1.29 is 79.9 Å². The molecule has 0 saturated carbocycles. The predicted molar refractivity (Wildman–Crippen MR) is 138 cm³/mol. The molecule has 0 aliphatic carbocycles. The van der Waals surface area contributed by atoms with Crippen LogP contribution in [0.2, 0.25) is 0 Å². The first-order valence-electron chi connectivity index (χ1n) is 13.4. The van der Waals surface area contributed by atoms with Crippen LogP contribution in [-0.4, -0.2) is 137 Å². The molecule has 0 unspecified atom stereocenters. The van der Waals surface area contributed by atoms with Crippen molar-refractivity contribution >= 4 is 0 Å². The molecule has 3 aliphatic rings. The number of benzene rings is 2. The Balaban J connectivity index is 1.36. The number of aromatic hydroxyl groups is 2. The van der Waals surface area contributed by atoms with Gasteiger partial charge in [-0.05, 0) is 17.7 Å². The number of aliphatic hydroxyl groups excluding tert-OH is 9. The number of rotatable bonds is 7. The van der Waals surface area contributed by atoms with E-state index in [4.69, 9.17) is 23.7 Å². The highest BCUT2D eigenvalue weighted by Gasteiger charge is 2.46. The van der Waals surface area contributed by atoms with Crippen LogP contribution >= 0.6 is 0 Å². The maximum absolute atomic E-state index is 10.9. The molecule has 0 aromatic heterocycles. The van der Waals surface area contributed by atoms with Crippen molar-refractivity contribution in [3.05, 3.63) is 41.5 Å². The minimum absolute atomic E-state index is 0.0689. The second-order valence-corrected chi connectivity index (χ2v) is 10.6. The summed E-state index contributed by atoms with van der Waals surface area (Å²) in [4.78, 5) is 0. The van der Waals surface area contributed by atoms with Gasteiger partial charge in [0.05, 0.1) is 19.3 Å². The fraction of sp³-hybridized carbons (Fsp3) is 0.556. The van der Waals surface area contributed by atoms with E-state index in [1.54, 1.807) is 0 Å². The van der Waals surface area contributed by atoms with E-state index in [1.807, 2.05) is 0 Å². The van der Waals surface area contributed by atoms with Crippen molar-refractivity contribution in [1.29, 1.82) is 0 Å². The van der Waals surface area contributed by atoms with Crippen LogP contribution in [0, 0.1) is 0 Å². The molecule has 238 valence electrons. The summed E-state index contributed by atoms with van der Waals surface area (Å²) in [6.45, 7) is -1.36. The largest absolute Gasteiger partial charge is 0.507 e. The fourth-order valence-corrected chi connectivity index (χ4v) is 5.20. The van der Waals surface area contributed by atoms with Crippen LogP contribution in [0.15, 0.2) is 30.3 Å². The van der Waals surface area contributed by atoms with Gasteiger partial charge in [-0.15, -0.1) is 0 Å². The SMILES string of the molecule is OC[C@H]1O[C@@H](Oc2cc([C@H]3Oc4cc(O[C@@H]5O[C@H](CO)[C@@H](O)[C@H](O)[C@H]5O)cc(O)c4C[C@@H]3O)ccc2O)[C@@H](O)[C@@H](O)[C@@H]1O. The van der Waals surface area contributed by atoms with Gasteiger partial charge in [0.15, 0.2) is 11.5 Å². The second kappa shape index (κ2) is 12.5. The minimum Gasteiger partial charge on any atom is -0.507 e. The Kier molecular flexibility index (Phi) is 9.17. The van der Waals surface area contributed by atoms with Gasteiger partial charge in [0.1, 0.15) is 72.2 Å². The zero-order valence-corrected chi connectivity index (χ0v) is 22.4. The lowest BCUT2D eigenvalue weighted by atomic mass is 9.93. The van der Waals surface area contributed by atoms with Crippen LogP contribution in [0.25, 0.3) is 0 Å². The van der Waals surface area contributed by atoms with Gasteiger partial charge in [0, 0.05) is 24.1 Å². The average molecular weight is 615 g/mol. The molecule has 11 N–H and O–H groups in total. The number of ether oxygens (including phenoxy) is 5. The van der Waals surface area contributed by atoms with Crippen molar-refractivity contribution in [2.45, 2.75) is 80.0 Å². The van der Waals surface area contributed by atoms with Gasteiger partial charge in [0.2, 0.25) is 12.6 Å². The molecular weight excluding hydrogens is 580 g/mol. The summed E-state index contributed by atoms with van der Waals surface area (Å²) < 4.78 is 27.8. The van der Waals surface area contributed by atoms with Crippen LogP contribution in [0.4, 0.5) is 0 Å². The summed E-state index contributed by atoms with van der Waals surface area (Å²) in [5.74, 6) is -0.982. The van der Waals surface area contributed by atoms with E-state index in [2.05, 4.69) is 0 Å². The first kappa shape index (κ1) is 31.4. The third-order valence-corrected chi connectivity index (χ3v) is 7.68. The van der Waals surface area contributed by atoms with Gasteiger partial charge in [-0.2, -0.15) is 0 Å². The van der Waals surface area contributed by atoms with Gasteiger partial charge < -0.3 is 79.9 Å². The lowest BCUT2D eigenvalue weighted by Crippen LogP contribution is -2.60. The number of aliphatic hydroxyl groups is 9. The smallest absolute Gasteiger partial charge is 0.229 e. The van der Waals surface area contributed by atoms with Gasteiger partial charge in [-0.3, -0.25) is 0 Å². The van der Waals surface area contributed by atoms with E-state index in [0.717, 1.165) is 0 Å². The van der Waals surface area contributed by atoms with E-state index in [-0.39, 0.29) is 40.5 Å². The molecule has 0 radical (unpaired) electrons. The van der Waals surface area contributed by atoms with Crippen molar-refractivity contribution in [2.75, 3.05) is 13.2 Å². The topological polar surface area (TPSA) is 269 Å². The lowest BCUT2D eigenvalue weighted by molar-refractivity contribution is -0.277. The Hall–Kier alpha value is -3.00. The van der Waals surface area contributed by atoms with E-state index in [9.17, 15) is 56.2 Å². The monoisotopic (exact) mass is 614 g/mol. The maximum atomic E-state index is 10.9. The molecule has 2 saturated heterocycles. The Morgan fingerprint density at radius 2 is 1.26 bits per heavy atom. The van der Waals surface area contributed by atoms with Crippen LogP contribution in [-0.2, 0) is 15.9 Å². The molecule has 0 spiro atoms. The molecule has 2 fully saturated rings. The molecule has 3 aliphatic heterocycles. The van der Waals surface area contributed by atoms with Gasteiger partial charge in [0.25, 0.3) is 0 Å². The molecule has 43 heavy (non-hydrogen) atoms. The minimum atomic E-state index is -1.74. The maximum Gasteiger partial charge on any atom is 0.229 e. The standard InChI is InChI=1S/C27H34O16/c28-7-17-19(33)21(35)23(37)26(42-17)39-10-4-13(31)11-6-14(32)25(40-15(11)5-10)9-1-2-12(30)16(3-9)41-27-24(38)22(36)20(34)18(8-29)43-27/h1-5,14,17-38H,6-8H2/t14-,17+,18+,19+,20+,21-,22-,23+,24-,25+,26+,27+/m0/s1. The van der Waals surface area contributed by atoms with Crippen LogP contribution in [0.3, 0.4) is 0 Å². The highest BCUT2D eigenvalue weighted by molar-refractivity contribution is 5.52. The van der Waals surface area contributed by atoms with E-state index >= 15 is 0 Å². The highest BCUT2D eigenvalue weighted by Crippen LogP contribution is 2.44. The number of hydrogen-bond acceptors (Lipinski definition) is 16. The number of hydrogen-bond donors (Lipinski definition) is 11. The van der Waals surface area contributed by atoms with Gasteiger partial charge in [-0.25, -0.2) is 0 Å². The number of phenolic OH excluding ortho intramolecular Hbond substituents is 2.